The number of likely N-dealkylation sites (N-methyl/N-ethyl adjacent to an activating group) is 4. The molecule has 89 heavy (non-hydrogen) atoms. The van der Waals surface area contributed by atoms with Gasteiger partial charge >= 0.3 is 14.2 Å². The molecule has 20 nitrogen and oxygen atoms in total. The van der Waals surface area contributed by atoms with Crippen LogP contribution in [0.1, 0.15) is 134 Å². The minimum Gasteiger partial charge on any atom is -0.482 e. The predicted octanol–water partition coefficient (Wildman–Crippen LogP) is 11.9. The molecule has 5 heterocycles. The molecule has 4 amide bonds. The molecule has 4 saturated carbocycles. The van der Waals surface area contributed by atoms with Gasteiger partial charge in [-0.05, 0) is 173 Å². The van der Waals surface area contributed by atoms with E-state index in [0.29, 0.717) is 17.8 Å². The predicted molar refractivity (Wildman–Crippen MR) is 357 cm³/mol. The van der Waals surface area contributed by atoms with Crippen LogP contribution in [0.15, 0.2) is 69.6 Å². The van der Waals surface area contributed by atoms with Crippen molar-refractivity contribution in [2.45, 2.75) is 139 Å². The van der Waals surface area contributed by atoms with Crippen molar-refractivity contribution in [2.24, 2.45) is 0 Å². The van der Waals surface area contributed by atoms with Gasteiger partial charge in [-0.15, -0.1) is 23.2 Å². The van der Waals surface area contributed by atoms with E-state index in [9.17, 15) is 19.2 Å². The van der Waals surface area contributed by atoms with Crippen LogP contribution < -0.4 is 44.0 Å². The molecule has 5 aliphatic heterocycles. The molecule has 0 unspecified atom stereocenters. The number of ether oxygens (including phenoxy) is 4. The molecule has 4 N–H and O–H groups in total. The van der Waals surface area contributed by atoms with Crippen LogP contribution in [0, 0.1) is 0 Å². The van der Waals surface area contributed by atoms with Crippen molar-refractivity contribution in [1.29, 1.82) is 0 Å². The Balaban J connectivity index is 0.000000233. The number of benzene rings is 4. The van der Waals surface area contributed by atoms with Gasteiger partial charge in [0.2, 0.25) is 0 Å². The minimum atomic E-state index is -1.04. The topological polar surface area (TPSA) is 252 Å². The van der Waals surface area contributed by atoms with E-state index < -0.39 is 26.2 Å². The third-order valence-electron chi connectivity index (χ3n) is 15.1. The molecule has 4 aromatic carbocycles. The monoisotopic (exact) mass is 1620 g/mol. The standard InChI is InChI=1S/C18H24BNO4.C12H12BrNO2.C12H13NO2.C9H8BrNO2.C3H7BO2.C2H4Cl2.2C2H4O2.Br2.Pd/c1-17(2)18(3,4)24-19(23-17)13-9-15-14(8-12(13)11-6-7-11)20(5)16(21)10-22-15;1-14-10-4-8(7-2-3-7)9(13)5-11(10)16-6-12(14)15;1-13-10-6-9(8-2-3-8)4-5-11(10)15-7-12(13)14;1-11-7-4-6(10)2-3-8(7)13-5-9(11)12;5-4(6)3-1-2-3;3*1-2(3)4;1-2;/h8-9,11H,6-7,10H2,1-5H3;4-5,7H,2-3,6H2,1H3;4-6,8H,2-3,7H2,1H3;2-4H,5H2,1H3;3,5-6H,1-2H2;2H,1H3;2*1H3,(H,3,4);;. The van der Waals surface area contributed by atoms with Crippen LogP contribution in [-0.2, 0) is 58.5 Å². The Bertz CT molecular complexity index is 3100. The average Bonchev–Trinajstić information content (AvgIpc) is 1.58. The number of amides is 4. The first-order valence-corrected chi connectivity index (χ1v) is 34.5. The summed E-state index contributed by atoms with van der Waals surface area (Å²) in [5.74, 6) is 3.52. The number of rotatable bonds is 5. The van der Waals surface area contributed by atoms with Crippen molar-refractivity contribution in [3.8, 4) is 23.0 Å². The van der Waals surface area contributed by atoms with E-state index in [2.05, 4.69) is 112 Å². The molecule has 29 heteroatoms. The normalized spacial score (nSPS) is 18.2. The Labute approximate surface area is 577 Å². The number of nitrogens with zero attached hydrogens (tertiary/aromatic N) is 4. The molecule has 0 spiro atoms. The Hall–Kier alpha value is -3.97. The SMILES string of the molecule is BrBr.CC(=O)O.CC(=O)O.CC(Cl)Cl.CN1C(=O)COc2cc(B3OC(C)(C)C(C)(C)O3)c(C3CC3)cc21.CN1C(=O)COc2cc(Br)c(C3CC3)cc21.CN1C(=O)COc2ccc(Br)cc21.CN1C(=O)COc2ccc(C3CC3)cc21.OB(O)C1CC1.[Pd]. The molecule has 4 aliphatic carbocycles. The molecule has 9 aliphatic rings. The summed E-state index contributed by atoms with van der Waals surface area (Å²) in [5.41, 5.74) is 7.60. The molecular formula is C60H76B2Br4Cl2N4O16Pd. The second-order valence-corrected chi connectivity index (χ2v) is 26.1. The van der Waals surface area contributed by atoms with Gasteiger partial charge in [0.05, 0.1) is 34.0 Å². The first-order valence-electron chi connectivity index (χ1n) is 28.4. The second kappa shape index (κ2) is 34.8. The van der Waals surface area contributed by atoms with E-state index in [0.717, 1.165) is 86.8 Å². The molecule has 490 valence electrons. The van der Waals surface area contributed by atoms with Crippen molar-refractivity contribution in [3.63, 3.8) is 0 Å². The summed E-state index contributed by atoms with van der Waals surface area (Å²) >= 11 is 22.5. The van der Waals surface area contributed by atoms with Crippen molar-refractivity contribution in [1.82, 2.24) is 0 Å². The third kappa shape index (κ3) is 22.9. The van der Waals surface area contributed by atoms with Gasteiger partial charge in [-0.25, -0.2) is 0 Å². The second-order valence-electron chi connectivity index (χ2n) is 22.8. The first-order chi connectivity index (χ1) is 41.3. The summed E-state index contributed by atoms with van der Waals surface area (Å²) in [6.07, 6.45) is 9.38. The summed E-state index contributed by atoms with van der Waals surface area (Å²) in [4.78, 5) is 70.6. The number of anilines is 4. The Kier molecular flexibility index (Phi) is 30.3. The van der Waals surface area contributed by atoms with E-state index in [1.165, 1.54) is 55.2 Å². The van der Waals surface area contributed by atoms with E-state index in [4.69, 9.17) is 81.3 Å². The number of alkyl halides is 2. The summed E-state index contributed by atoms with van der Waals surface area (Å²) in [6.45, 7) is 12.6. The van der Waals surface area contributed by atoms with Gasteiger partial charge in [-0.3, -0.25) is 28.8 Å². The Morgan fingerprint density at radius 3 is 1.27 bits per heavy atom. The number of carbonyl (C=O) groups is 6. The average molecular weight is 1630 g/mol. The Morgan fingerprint density at radius 2 is 0.899 bits per heavy atom. The maximum atomic E-state index is 11.9. The van der Waals surface area contributed by atoms with Gasteiger partial charge < -0.3 is 68.1 Å². The molecular weight excluding hydrogens is 1550 g/mol. The number of fused-ring (bicyclic) bond motifs is 4. The third-order valence-corrected chi connectivity index (χ3v) is 16.3. The largest absolute Gasteiger partial charge is 0.495 e. The van der Waals surface area contributed by atoms with Crippen molar-refractivity contribution >= 4 is 161 Å². The van der Waals surface area contributed by atoms with Crippen LogP contribution in [0.3, 0.4) is 0 Å². The first kappa shape index (κ1) is 77.5. The summed E-state index contributed by atoms with van der Waals surface area (Å²) in [5, 5.41) is 31.3. The number of carboxylic acid groups (broad SMARTS) is 2. The number of aliphatic carboxylic acids is 2. The fourth-order valence-electron chi connectivity index (χ4n) is 8.89. The van der Waals surface area contributed by atoms with Gasteiger partial charge in [-0.2, -0.15) is 0 Å². The van der Waals surface area contributed by atoms with Crippen molar-refractivity contribution < 1.29 is 97.7 Å². The molecule has 1 saturated heterocycles. The fraction of sp³-hybridized carbons (Fsp3) is 0.500. The van der Waals surface area contributed by atoms with Crippen LogP contribution >= 0.6 is 83.3 Å². The van der Waals surface area contributed by atoms with Gasteiger partial charge in [0, 0.05) is 99.7 Å². The summed E-state index contributed by atoms with van der Waals surface area (Å²) < 4.78 is 36.2. The van der Waals surface area contributed by atoms with E-state index in [-0.39, 0.29) is 92.3 Å². The zero-order chi connectivity index (χ0) is 65.7. The summed E-state index contributed by atoms with van der Waals surface area (Å²) in [7, 11) is 5.71. The number of hydrogen-bond donors (Lipinski definition) is 4. The molecule has 0 atom stereocenters. The van der Waals surface area contributed by atoms with Crippen molar-refractivity contribution in [2.75, 3.05) is 74.2 Å². The maximum Gasteiger partial charge on any atom is 0.495 e. The number of carbonyl (C=O) groups excluding carboxylic acids is 4. The smallest absolute Gasteiger partial charge is 0.482 e. The van der Waals surface area contributed by atoms with Crippen LogP contribution in [0.25, 0.3) is 0 Å². The van der Waals surface area contributed by atoms with E-state index in [1.807, 2.05) is 36.4 Å². The van der Waals surface area contributed by atoms with Crippen LogP contribution in [0.5, 0.6) is 23.0 Å². The van der Waals surface area contributed by atoms with E-state index in [1.54, 1.807) is 54.7 Å². The number of carboxylic acids is 2. The van der Waals surface area contributed by atoms with Gasteiger partial charge in [-0.1, -0.05) is 50.8 Å². The molecule has 0 bridgehead atoms. The summed E-state index contributed by atoms with van der Waals surface area (Å²) in [6, 6.07) is 19.9. The quantitative estimate of drug-likeness (QED) is 0.107. The molecule has 5 fully saturated rings. The molecule has 0 radical (unpaired) electrons. The van der Waals surface area contributed by atoms with Crippen LogP contribution in [0.4, 0.5) is 22.7 Å². The molecule has 0 aromatic heterocycles. The van der Waals surface area contributed by atoms with Crippen LogP contribution in [-0.4, -0.2) is 141 Å². The maximum absolute atomic E-state index is 11.9. The molecule has 13 rings (SSSR count). The fourth-order valence-corrected chi connectivity index (χ4v) is 9.88. The molecule has 4 aromatic rings. The zero-order valence-electron chi connectivity index (χ0n) is 51.4. The van der Waals surface area contributed by atoms with Gasteiger partial charge in [0.15, 0.2) is 26.4 Å². The van der Waals surface area contributed by atoms with Crippen molar-refractivity contribution in [3.05, 3.63) is 86.3 Å². The number of hydrogen-bond acceptors (Lipinski definition) is 14. The van der Waals surface area contributed by atoms with E-state index >= 15 is 0 Å². The van der Waals surface area contributed by atoms with Crippen LogP contribution in [0.2, 0.25) is 5.82 Å². The van der Waals surface area contributed by atoms with Gasteiger partial charge in [0.1, 0.15) is 27.8 Å². The minimum absolute atomic E-state index is 0. The Morgan fingerprint density at radius 1 is 0.562 bits per heavy atom. The zero-order valence-corrected chi connectivity index (χ0v) is 60.8. The number of halogens is 6. The van der Waals surface area contributed by atoms with Gasteiger partial charge in [0.25, 0.3) is 35.6 Å².